The fraction of sp³-hybridized carbons (Fsp3) is 0.667. The predicted molar refractivity (Wildman–Crippen MR) is 84.2 cm³/mol. The molecule has 0 aliphatic rings. The molecular weight excluding hydrogens is 389 g/mol. The second-order valence-corrected chi connectivity index (χ2v) is 4.41. The molecule has 3 N–H and O–H groups in total. The van der Waals surface area contributed by atoms with Crippen molar-refractivity contribution >= 4 is 46.0 Å². The molecular formula is C12H19Cl2NO10. The molecule has 0 aliphatic heterocycles. The average Bonchev–Trinajstić information content (AvgIpc) is 2.48. The highest BCUT2D eigenvalue weighted by atomic mass is 35.5. The van der Waals surface area contributed by atoms with Crippen LogP contribution in [0.15, 0.2) is 0 Å². The van der Waals surface area contributed by atoms with Crippen molar-refractivity contribution in [3.05, 3.63) is 0 Å². The monoisotopic (exact) mass is 407 g/mol. The molecule has 11 nitrogen and oxygen atoms in total. The van der Waals surface area contributed by atoms with Crippen LogP contribution in [0.25, 0.3) is 0 Å². The van der Waals surface area contributed by atoms with E-state index in [-0.39, 0.29) is 39.5 Å². The van der Waals surface area contributed by atoms with Gasteiger partial charge in [-0.15, -0.1) is 0 Å². The largest absolute Gasteiger partial charge is 0.480 e. The van der Waals surface area contributed by atoms with Crippen molar-refractivity contribution in [1.29, 1.82) is 0 Å². The van der Waals surface area contributed by atoms with Gasteiger partial charge in [-0.2, -0.15) is 0 Å². The Morgan fingerprint density at radius 3 is 1.28 bits per heavy atom. The van der Waals surface area contributed by atoms with E-state index in [9.17, 15) is 19.2 Å². The minimum atomic E-state index is -1.06. The van der Waals surface area contributed by atoms with Gasteiger partial charge < -0.3 is 29.2 Å². The van der Waals surface area contributed by atoms with Crippen LogP contribution in [-0.4, -0.2) is 85.7 Å². The third kappa shape index (κ3) is 30.7. The third-order valence-corrected chi connectivity index (χ3v) is 2.03. The second kappa shape index (κ2) is 18.7. The van der Waals surface area contributed by atoms with E-state index in [1.807, 2.05) is 0 Å². The van der Waals surface area contributed by atoms with Crippen LogP contribution in [0.5, 0.6) is 0 Å². The molecule has 0 aliphatic carbocycles. The SMILES string of the molecule is O=C(Cl)OCCOCCOCCOC(=O)Cl.O=C(O)CNCC(=O)O. The van der Waals surface area contributed by atoms with Crippen LogP contribution in [0.4, 0.5) is 9.59 Å². The molecule has 0 aromatic heterocycles. The van der Waals surface area contributed by atoms with E-state index in [1.165, 1.54) is 0 Å². The molecule has 0 atom stereocenters. The highest BCUT2D eigenvalue weighted by Crippen LogP contribution is 1.88. The molecule has 13 heteroatoms. The van der Waals surface area contributed by atoms with Gasteiger partial charge in [-0.05, 0) is 0 Å². The number of carbonyl (C=O) groups is 4. The van der Waals surface area contributed by atoms with Gasteiger partial charge in [0.05, 0.1) is 39.5 Å². The standard InChI is InChI=1S/C8H12Cl2O6.C4H7NO4/c9-7(11)15-5-3-13-1-2-14-4-6-16-8(10)12;6-3(7)1-5-2-4(8)9/h1-6H2;5H,1-2H2,(H,6,7)(H,8,9). The van der Waals surface area contributed by atoms with Crippen molar-refractivity contribution in [2.45, 2.75) is 0 Å². The summed E-state index contributed by atoms with van der Waals surface area (Å²) < 4.78 is 18.8. The van der Waals surface area contributed by atoms with E-state index >= 15 is 0 Å². The van der Waals surface area contributed by atoms with Crippen LogP contribution < -0.4 is 5.32 Å². The molecule has 25 heavy (non-hydrogen) atoms. The fourth-order valence-corrected chi connectivity index (χ4v) is 1.11. The molecule has 0 saturated heterocycles. The molecule has 0 heterocycles. The fourth-order valence-electron chi connectivity index (χ4n) is 0.960. The Kier molecular flexibility index (Phi) is 19.1. The summed E-state index contributed by atoms with van der Waals surface area (Å²) in [6, 6.07) is 0. The number of carboxylic acid groups (broad SMARTS) is 2. The molecule has 0 saturated carbocycles. The Hall–Kier alpha value is -1.66. The number of rotatable bonds is 13. The number of carbonyl (C=O) groups excluding carboxylic acids is 2. The summed E-state index contributed by atoms with van der Waals surface area (Å²) in [5, 5.41) is 18.1. The Morgan fingerprint density at radius 1 is 0.680 bits per heavy atom. The van der Waals surface area contributed by atoms with E-state index in [1.54, 1.807) is 0 Å². The molecule has 0 spiro atoms. The van der Waals surface area contributed by atoms with Crippen LogP contribution in [0.3, 0.4) is 0 Å². The van der Waals surface area contributed by atoms with E-state index in [2.05, 4.69) is 14.8 Å². The van der Waals surface area contributed by atoms with Crippen molar-refractivity contribution in [1.82, 2.24) is 5.32 Å². The Balaban J connectivity index is 0. The number of carboxylic acids is 2. The first-order valence-electron chi connectivity index (χ1n) is 6.70. The average molecular weight is 408 g/mol. The van der Waals surface area contributed by atoms with Gasteiger partial charge in [0.1, 0.15) is 13.2 Å². The molecule has 0 fully saturated rings. The number of aliphatic carboxylic acids is 2. The normalized spacial score (nSPS) is 9.52. The summed E-state index contributed by atoms with van der Waals surface area (Å²) in [5.41, 5.74) is -1.72. The first-order valence-corrected chi connectivity index (χ1v) is 7.45. The molecule has 0 amide bonds. The minimum Gasteiger partial charge on any atom is -0.480 e. The molecule has 0 radical (unpaired) electrons. The summed E-state index contributed by atoms with van der Waals surface area (Å²) in [6.45, 7) is 0.761. The maximum atomic E-state index is 10.1. The Morgan fingerprint density at radius 2 is 1.00 bits per heavy atom. The highest BCUT2D eigenvalue weighted by molar-refractivity contribution is 6.61. The number of ether oxygens (including phenoxy) is 4. The van der Waals surface area contributed by atoms with Gasteiger partial charge >= 0.3 is 22.8 Å². The summed E-state index contributed by atoms with van der Waals surface area (Å²) in [6.07, 6.45) is 0. The van der Waals surface area contributed by atoms with Crippen LogP contribution in [0.1, 0.15) is 0 Å². The lowest BCUT2D eigenvalue weighted by molar-refractivity contribution is -0.137. The van der Waals surface area contributed by atoms with Gasteiger partial charge in [-0.1, -0.05) is 0 Å². The highest BCUT2D eigenvalue weighted by Gasteiger charge is 1.98. The first kappa shape index (κ1) is 25.6. The van der Waals surface area contributed by atoms with Gasteiger partial charge in [-0.25, -0.2) is 9.59 Å². The number of hydrogen-bond acceptors (Lipinski definition) is 9. The molecule has 146 valence electrons. The third-order valence-electron chi connectivity index (χ3n) is 1.81. The van der Waals surface area contributed by atoms with Gasteiger partial charge in [0.25, 0.3) is 0 Å². The predicted octanol–water partition coefficient (Wildman–Crippen LogP) is 0.516. The summed E-state index contributed by atoms with van der Waals surface area (Å²) in [5.74, 6) is -2.12. The maximum absolute atomic E-state index is 10.1. The minimum absolute atomic E-state index is 0.103. The summed E-state index contributed by atoms with van der Waals surface area (Å²) in [4.78, 5) is 39.7. The molecule has 0 aromatic carbocycles. The van der Waals surface area contributed by atoms with Gasteiger partial charge in [0, 0.05) is 23.2 Å². The first-order chi connectivity index (χ1) is 11.8. The van der Waals surface area contributed by atoms with Crippen LogP contribution >= 0.6 is 23.2 Å². The van der Waals surface area contributed by atoms with Crippen molar-refractivity contribution in [3.8, 4) is 0 Å². The van der Waals surface area contributed by atoms with E-state index in [0.29, 0.717) is 13.2 Å². The molecule has 0 unspecified atom stereocenters. The second-order valence-electron chi connectivity index (χ2n) is 3.79. The molecule has 0 aromatic rings. The van der Waals surface area contributed by atoms with E-state index in [4.69, 9.17) is 42.9 Å². The number of halogens is 2. The topological polar surface area (TPSA) is 158 Å². The summed E-state index contributed by atoms with van der Waals surface area (Å²) in [7, 11) is 0. The summed E-state index contributed by atoms with van der Waals surface area (Å²) >= 11 is 9.81. The van der Waals surface area contributed by atoms with Crippen LogP contribution in [0.2, 0.25) is 0 Å². The Bertz CT molecular complexity index is 371. The zero-order chi connectivity index (χ0) is 19.5. The lowest BCUT2D eigenvalue weighted by Gasteiger charge is -2.05. The Labute approximate surface area is 153 Å². The van der Waals surface area contributed by atoms with E-state index < -0.39 is 22.8 Å². The van der Waals surface area contributed by atoms with Crippen molar-refractivity contribution in [2.24, 2.45) is 0 Å². The van der Waals surface area contributed by atoms with Gasteiger partial charge in [0.2, 0.25) is 0 Å². The van der Waals surface area contributed by atoms with Crippen molar-refractivity contribution in [2.75, 3.05) is 52.7 Å². The van der Waals surface area contributed by atoms with Crippen LogP contribution in [0, 0.1) is 0 Å². The van der Waals surface area contributed by atoms with Gasteiger partial charge in [-0.3, -0.25) is 14.9 Å². The van der Waals surface area contributed by atoms with Crippen molar-refractivity contribution < 1.29 is 48.3 Å². The smallest absolute Gasteiger partial charge is 0.403 e. The number of nitrogens with one attached hydrogen (secondary N) is 1. The lowest BCUT2D eigenvalue weighted by atomic mass is 10.6. The maximum Gasteiger partial charge on any atom is 0.403 e. The zero-order valence-corrected chi connectivity index (χ0v) is 14.6. The van der Waals surface area contributed by atoms with E-state index in [0.717, 1.165) is 0 Å². The zero-order valence-electron chi connectivity index (χ0n) is 13.1. The van der Waals surface area contributed by atoms with Crippen LogP contribution in [-0.2, 0) is 28.5 Å². The molecule has 0 rings (SSSR count). The lowest BCUT2D eigenvalue weighted by Crippen LogP contribution is -2.27. The number of hydrogen-bond donors (Lipinski definition) is 3. The quantitative estimate of drug-likeness (QED) is 0.288. The van der Waals surface area contributed by atoms with Gasteiger partial charge in [0.15, 0.2) is 0 Å². The van der Waals surface area contributed by atoms with Crippen molar-refractivity contribution in [3.63, 3.8) is 0 Å². The molecule has 0 bridgehead atoms.